The minimum absolute atomic E-state index is 0.640. The first-order chi connectivity index (χ1) is 15.1. The van der Waals surface area contributed by atoms with Crippen LogP contribution in [0.1, 0.15) is 22.3 Å². The van der Waals surface area contributed by atoms with Crippen molar-refractivity contribution in [2.24, 2.45) is 0 Å². The van der Waals surface area contributed by atoms with Gasteiger partial charge in [-0.05, 0) is 54.5 Å². The first-order valence-electron chi connectivity index (χ1n) is 10.9. The lowest BCUT2D eigenvalue weighted by Crippen LogP contribution is -2.28. The number of ether oxygens (including phenoxy) is 2. The van der Waals surface area contributed by atoms with Crippen LogP contribution in [0.25, 0.3) is 21.5 Å². The Kier molecular flexibility index (Phi) is 4.37. The molecule has 4 nitrogen and oxygen atoms in total. The summed E-state index contributed by atoms with van der Waals surface area (Å²) in [6.45, 7) is 3.14. The molecule has 0 spiro atoms. The van der Waals surface area contributed by atoms with Crippen LogP contribution in [0.4, 0.5) is 0 Å². The van der Waals surface area contributed by atoms with E-state index in [9.17, 15) is 0 Å². The van der Waals surface area contributed by atoms with Crippen LogP contribution in [0, 0.1) is 0 Å². The van der Waals surface area contributed by atoms with Gasteiger partial charge >= 0.3 is 0 Å². The summed E-state index contributed by atoms with van der Waals surface area (Å²) in [6.07, 6.45) is 0.888. The Balaban J connectivity index is 1.38. The fourth-order valence-electron chi connectivity index (χ4n) is 4.84. The van der Waals surface area contributed by atoms with Crippen molar-refractivity contribution in [3.8, 4) is 11.5 Å². The van der Waals surface area contributed by atoms with Crippen molar-refractivity contribution in [2.75, 3.05) is 27.6 Å². The highest BCUT2D eigenvalue weighted by molar-refractivity contribution is 5.91. The molecule has 4 aromatic carbocycles. The number of fused-ring (bicyclic) bond motifs is 6. The molecule has 0 saturated heterocycles. The molecule has 0 amide bonds. The van der Waals surface area contributed by atoms with Crippen molar-refractivity contribution >= 4 is 21.5 Å². The molecule has 4 heteroatoms. The minimum Gasteiger partial charge on any atom is -0.477 e. The third-order valence-electron chi connectivity index (χ3n) is 6.38. The number of hydrogen-bond donors (Lipinski definition) is 0. The lowest BCUT2D eigenvalue weighted by atomic mass is 9.96. The second kappa shape index (κ2) is 7.26. The Hall–Kier alpha value is -3.08. The third-order valence-corrected chi connectivity index (χ3v) is 6.38. The fraction of sp³-hybridized carbons (Fsp3) is 0.259. The topological polar surface area (TPSA) is 24.9 Å². The summed E-state index contributed by atoms with van der Waals surface area (Å²) >= 11 is 0. The quantitative estimate of drug-likeness (QED) is 0.456. The molecule has 0 N–H and O–H groups in total. The van der Waals surface area contributed by atoms with Crippen LogP contribution in [0.5, 0.6) is 11.5 Å². The Morgan fingerprint density at radius 1 is 0.645 bits per heavy atom. The molecule has 6 rings (SSSR count). The van der Waals surface area contributed by atoms with Crippen LogP contribution in [0.15, 0.2) is 60.7 Å². The molecule has 0 fully saturated rings. The van der Waals surface area contributed by atoms with E-state index in [4.69, 9.17) is 9.47 Å². The van der Waals surface area contributed by atoms with Crippen molar-refractivity contribution in [3.63, 3.8) is 0 Å². The molecule has 0 aromatic heterocycles. The molecule has 0 bridgehead atoms. The lowest BCUT2D eigenvalue weighted by molar-refractivity contribution is 0.123. The van der Waals surface area contributed by atoms with Gasteiger partial charge in [-0.1, -0.05) is 48.5 Å². The summed E-state index contributed by atoms with van der Waals surface area (Å²) in [6, 6.07) is 22.3. The van der Waals surface area contributed by atoms with Gasteiger partial charge in [0, 0.05) is 35.0 Å². The molecule has 156 valence electrons. The van der Waals surface area contributed by atoms with E-state index >= 15 is 0 Å². The number of benzene rings is 4. The zero-order valence-electron chi connectivity index (χ0n) is 18.0. The van der Waals surface area contributed by atoms with Crippen molar-refractivity contribution < 1.29 is 9.47 Å². The lowest BCUT2D eigenvalue weighted by Gasteiger charge is -2.27. The summed E-state index contributed by atoms with van der Waals surface area (Å²) in [7, 11) is 4.17. The molecule has 2 aliphatic heterocycles. The summed E-state index contributed by atoms with van der Waals surface area (Å²) in [4.78, 5) is 4.38. The molecular weight excluding hydrogens is 384 g/mol. The molecule has 2 aliphatic rings. The van der Waals surface area contributed by atoms with Crippen molar-refractivity contribution in [1.82, 2.24) is 9.80 Å². The molecule has 0 saturated carbocycles. The molecule has 31 heavy (non-hydrogen) atoms. The first kappa shape index (κ1) is 18.7. The SMILES string of the molecule is CN1COc2c(ccc3ccc(Cc4ccc5ccc6c(c5c4)OCN(C)C6)cc23)C1. The standard InChI is InChI=1S/C27H26N2O2/c1-28-14-22-9-7-20-5-3-18(12-24(20)26(22)30-16-28)11-19-4-6-21-8-10-23-15-29(2)17-31-27(23)25(21)13-19/h3-10,12-13H,11,14-17H2,1-2H3. The van der Waals surface area contributed by atoms with E-state index in [1.807, 2.05) is 0 Å². The Morgan fingerprint density at radius 3 is 1.58 bits per heavy atom. The van der Waals surface area contributed by atoms with Crippen molar-refractivity contribution in [2.45, 2.75) is 19.5 Å². The van der Waals surface area contributed by atoms with Crippen LogP contribution < -0.4 is 9.47 Å². The summed E-state index contributed by atoms with van der Waals surface area (Å²) in [5.41, 5.74) is 5.12. The molecule has 0 aliphatic carbocycles. The largest absolute Gasteiger partial charge is 0.477 e. The number of hydrogen-bond acceptors (Lipinski definition) is 4. The van der Waals surface area contributed by atoms with Crippen LogP contribution in [0.3, 0.4) is 0 Å². The normalized spacial score (nSPS) is 16.6. The minimum atomic E-state index is 0.640. The predicted octanol–water partition coefficient (Wildman–Crippen LogP) is 5.15. The number of nitrogens with zero attached hydrogens (tertiary/aromatic N) is 2. The average Bonchev–Trinajstić information content (AvgIpc) is 2.78. The summed E-state index contributed by atoms with van der Waals surface area (Å²) < 4.78 is 12.2. The molecule has 0 atom stereocenters. The van der Waals surface area contributed by atoms with Gasteiger partial charge < -0.3 is 9.47 Å². The second-order valence-corrected chi connectivity index (χ2v) is 8.97. The van der Waals surface area contributed by atoms with E-state index < -0.39 is 0 Å². The van der Waals surface area contributed by atoms with Gasteiger partial charge in [-0.25, -0.2) is 0 Å². The van der Waals surface area contributed by atoms with Crippen LogP contribution in [0.2, 0.25) is 0 Å². The maximum absolute atomic E-state index is 6.09. The van der Waals surface area contributed by atoms with E-state index in [0.717, 1.165) is 31.0 Å². The molecule has 0 unspecified atom stereocenters. The Morgan fingerprint density at radius 2 is 1.10 bits per heavy atom. The van der Waals surface area contributed by atoms with Crippen LogP contribution in [-0.4, -0.2) is 37.4 Å². The Bertz CT molecular complexity index is 1210. The second-order valence-electron chi connectivity index (χ2n) is 8.97. The van der Waals surface area contributed by atoms with E-state index in [1.54, 1.807) is 0 Å². The smallest absolute Gasteiger partial charge is 0.142 e. The van der Waals surface area contributed by atoms with E-state index in [0.29, 0.717) is 13.5 Å². The zero-order chi connectivity index (χ0) is 20.9. The molecule has 0 radical (unpaired) electrons. The highest BCUT2D eigenvalue weighted by Crippen LogP contribution is 2.36. The highest BCUT2D eigenvalue weighted by Gasteiger charge is 2.18. The molecular formula is C27H26N2O2. The van der Waals surface area contributed by atoms with Crippen LogP contribution in [-0.2, 0) is 19.5 Å². The summed E-state index contributed by atoms with van der Waals surface area (Å²) in [5, 5.41) is 4.90. The maximum atomic E-state index is 6.09. The van der Waals surface area contributed by atoms with Gasteiger partial charge in [0.15, 0.2) is 0 Å². The molecule has 2 heterocycles. The average molecular weight is 411 g/mol. The van der Waals surface area contributed by atoms with Gasteiger partial charge in [-0.15, -0.1) is 0 Å². The third kappa shape index (κ3) is 3.32. The summed E-state index contributed by atoms with van der Waals surface area (Å²) in [5.74, 6) is 2.09. The maximum Gasteiger partial charge on any atom is 0.142 e. The van der Waals surface area contributed by atoms with E-state index in [-0.39, 0.29) is 0 Å². The monoisotopic (exact) mass is 410 g/mol. The van der Waals surface area contributed by atoms with Gasteiger partial charge in [0.2, 0.25) is 0 Å². The molecule has 4 aromatic rings. The van der Waals surface area contributed by atoms with Gasteiger partial charge in [0.05, 0.1) is 0 Å². The van der Waals surface area contributed by atoms with Gasteiger partial charge in [-0.2, -0.15) is 0 Å². The zero-order valence-corrected chi connectivity index (χ0v) is 18.0. The Labute approximate surface area is 182 Å². The van der Waals surface area contributed by atoms with Gasteiger partial charge in [-0.3, -0.25) is 9.80 Å². The van der Waals surface area contributed by atoms with Crippen molar-refractivity contribution in [3.05, 3.63) is 82.9 Å². The fourth-order valence-corrected chi connectivity index (χ4v) is 4.84. The highest BCUT2D eigenvalue weighted by atomic mass is 16.5. The van der Waals surface area contributed by atoms with Gasteiger partial charge in [0.1, 0.15) is 25.0 Å². The van der Waals surface area contributed by atoms with Crippen molar-refractivity contribution in [1.29, 1.82) is 0 Å². The van der Waals surface area contributed by atoms with Gasteiger partial charge in [0.25, 0.3) is 0 Å². The first-order valence-corrected chi connectivity index (χ1v) is 10.9. The van der Waals surface area contributed by atoms with Crippen LogP contribution >= 0.6 is 0 Å². The van der Waals surface area contributed by atoms with E-state index in [1.165, 1.54) is 43.8 Å². The van der Waals surface area contributed by atoms with E-state index in [2.05, 4.69) is 84.6 Å². The predicted molar refractivity (Wildman–Crippen MR) is 125 cm³/mol. The number of rotatable bonds is 2.